The van der Waals surface area contributed by atoms with Gasteiger partial charge in [-0.15, -0.1) is 11.3 Å². The lowest BCUT2D eigenvalue weighted by atomic mass is 10.2. The van der Waals surface area contributed by atoms with Gasteiger partial charge in [0.05, 0.1) is 27.4 Å². The normalized spacial score (nSPS) is 11.2. The number of nitrogens with one attached hydrogen (secondary N) is 1. The number of halogens is 1. The number of hydrogen-bond acceptors (Lipinski definition) is 6. The zero-order valence-electron chi connectivity index (χ0n) is 13.8. The maximum absolute atomic E-state index is 12.7. The first-order valence-corrected chi connectivity index (χ1v) is 10.9. The number of carbonyl (C=O) groups excluding carboxylic acids is 1. The fourth-order valence-electron chi connectivity index (χ4n) is 2.20. The van der Waals surface area contributed by atoms with Crippen molar-refractivity contribution < 1.29 is 17.9 Å². The van der Waals surface area contributed by atoms with E-state index in [9.17, 15) is 13.2 Å². The molecule has 0 saturated carbocycles. The van der Waals surface area contributed by atoms with Gasteiger partial charge in [-0.3, -0.25) is 4.79 Å². The smallest absolute Gasteiger partial charge is 0.256 e. The molecule has 1 aromatic heterocycles. The Balaban J connectivity index is 1.82. The number of para-hydroxylation sites is 2. The van der Waals surface area contributed by atoms with Crippen LogP contribution in [0.25, 0.3) is 0 Å². The zero-order chi connectivity index (χ0) is 19.4. The molecule has 140 valence electrons. The van der Waals surface area contributed by atoms with Crippen molar-refractivity contribution in [1.29, 1.82) is 0 Å². The first-order chi connectivity index (χ1) is 12.8. The number of nitrogens with zero attached hydrogens (tertiary/aromatic N) is 1. The standard InChI is InChI=1S/C17H14BrN3O4S2/c18-14-6-5-12(27(19,23)24)7-13(14)17(22)21-15-3-1-2-4-16(15)25-8-11-9-26-10-20-11/h1-7,9-10H,8H2,(H,21,22)(H2,19,23,24). The third-order valence-corrected chi connectivity index (χ3v) is 5.74. The van der Waals surface area contributed by atoms with E-state index in [0.29, 0.717) is 15.9 Å². The van der Waals surface area contributed by atoms with E-state index in [4.69, 9.17) is 9.88 Å². The molecule has 0 aliphatic heterocycles. The number of primary sulfonamides is 1. The highest BCUT2D eigenvalue weighted by atomic mass is 79.9. The molecule has 0 radical (unpaired) electrons. The first-order valence-electron chi connectivity index (χ1n) is 7.57. The number of benzene rings is 2. The predicted molar refractivity (Wildman–Crippen MR) is 106 cm³/mol. The van der Waals surface area contributed by atoms with E-state index < -0.39 is 15.9 Å². The summed E-state index contributed by atoms with van der Waals surface area (Å²) >= 11 is 4.72. The van der Waals surface area contributed by atoms with Crippen LogP contribution in [0.1, 0.15) is 16.1 Å². The Morgan fingerprint density at radius 2 is 2.04 bits per heavy atom. The van der Waals surface area contributed by atoms with E-state index >= 15 is 0 Å². The number of carbonyl (C=O) groups is 1. The average Bonchev–Trinajstić information content (AvgIpc) is 3.14. The Labute approximate surface area is 168 Å². The summed E-state index contributed by atoms with van der Waals surface area (Å²) < 4.78 is 29.2. The Morgan fingerprint density at radius 3 is 2.74 bits per heavy atom. The van der Waals surface area contributed by atoms with Crippen LogP contribution < -0.4 is 15.2 Å². The van der Waals surface area contributed by atoms with Gasteiger partial charge >= 0.3 is 0 Å². The number of amides is 1. The van der Waals surface area contributed by atoms with Crippen LogP contribution in [0.5, 0.6) is 5.75 Å². The lowest BCUT2D eigenvalue weighted by Gasteiger charge is -2.13. The molecule has 10 heteroatoms. The van der Waals surface area contributed by atoms with Crippen LogP contribution >= 0.6 is 27.3 Å². The van der Waals surface area contributed by atoms with Crippen molar-refractivity contribution in [3.63, 3.8) is 0 Å². The fraction of sp³-hybridized carbons (Fsp3) is 0.0588. The Kier molecular flexibility index (Phi) is 5.90. The number of nitrogens with two attached hydrogens (primary N) is 1. The molecule has 0 spiro atoms. The summed E-state index contributed by atoms with van der Waals surface area (Å²) in [5.41, 5.74) is 3.08. The third-order valence-electron chi connectivity index (χ3n) is 3.51. The van der Waals surface area contributed by atoms with Gasteiger partial charge in [-0.25, -0.2) is 18.5 Å². The maximum atomic E-state index is 12.7. The molecule has 3 rings (SSSR count). The van der Waals surface area contributed by atoms with E-state index in [1.807, 2.05) is 5.38 Å². The second-order valence-electron chi connectivity index (χ2n) is 5.41. The summed E-state index contributed by atoms with van der Waals surface area (Å²) in [6.07, 6.45) is 0. The van der Waals surface area contributed by atoms with Gasteiger partial charge in [-0.2, -0.15) is 0 Å². The first kappa shape index (κ1) is 19.5. The summed E-state index contributed by atoms with van der Waals surface area (Å²) in [7, 11) is -3.92. The van der Waals surface area contributed by atoms with Crippen molar-refractivity contribution in [2.24, 2.45) is 5.14 Å². The monoisotopic (exact) mass is 467 g/mol. The number of anilines is 1. The molecule has 0 fully saturated rings. The lowest BCUT2D eigenvalue weighted by Crippen LogP contribution is -2.16. The number of sulfonamides is 1. The molecule has 0 unspecified atom stereocenters. The molecule has 0 atom stereocenters. The van der Waals surface area contributed by atoms with Gasteiger partial charge in [0.25, 0.3) is 5.91 Å². The van der Waals surface area contributed by atoms with Crippen LogP contribution in [0.15, 0.2) is 62.7 Å². The van der Waals surface area contributed by atoms with Crippen LogP contribution in [0.4, 0.5) is 5.69 Å². The largest absolute Gasteiger partial charge is 0.485 e. The summed E-state index contributed by atoms with van der Waals surface area (Å²) in [6.45, 7) is 0.265. The number of rotatable bonds is 6. The van der Waals surface area contributed by atoms with Crippen LogP contribution in [0.2, 0.25) is 0 Å². The van der Waals surface area contributed by atoms with E-state index in [0.717, 1.165) is 5.69 Å². The predicted octanol–water partition coefficient (Wildman–Crippen LogP) is 3.38. The molecule has 0 bridgehead atoms. The van der Waals surface area contributed by atoms with Gasteiger partial charge < -0.3 is 10.1 Å². The van der Waals surface area contributed by atoms with Crippen LogP contribution in [0.3, 0.4) is 0 Å². The van der Waals surface area contributed by atoms with E-state index in [-0.39, 0.29) is 17.1 Å². The molecule has 1 heterocycles. The van der Waals surface area contributed by atoms with Gasteiger partial charge in [-0.1, -0.05) is 12.1 Å². The number of aromatic nitrogens is 1. The van der Waals surface area contributed by atoms with Crippen molar-refractivity contribution in [3.8, 4) is 5.75 Å². The van der Waals surface area contributed by atoms with Crippen LogP contribution in [-0.4, -0.2) is 19.3 Å². The highest BCUT2D eigenvalue weighted by Gasteiger charge is 2.17. The summed E-state index contributed by atoms with van der Waals surface area (Å²) in [5, 5.41) is 9.74. The Hall–Kier alpha value is -2.27. The van der Waals surface area contributed by atoms with Crippen molar-refractivity contribution in [2.45, 2.75) is 11.5 Å². The van der Waals surface area contributed by atoms with Crippen molar-refractivity contribution >= 4 is 48.9 Å². The molecule has 3 N–H and O–H groups in total. The Bertz CT molecular complexity index is 1070. The molecule has 1 amide bonds. The summed E-state index contributed by atoms with van der Waals surface area (Å²) in [6, 6.07) is 10.9. The molecule has 2 aromatic carbocycles. The van der Waals surface area contributed by atoms with Crippen molar-refractivity contribution in [1.82, 2.24) is 4.98 Å². The second-order valence-corrected chi connectivity index (χ2v) is 8.54. The number of hydrogen-bond donors (Lipinski definition) is 2. The van der Waals surface area contributed by atoms with Gasteiger partial charge in [0.1, 0.15) is 12.4 Å². The molecule has 0 saturated heterocycles. The molecular formula is C17H14BrN3O4S2. The molecular weight excluding hydrogens is 454 g/mol. The SMILES string of the molecule is NS(=O)(=O)c1ccc(Br)c(C(=O)Nc2ccccc2OCc2cscn2)c1. The van der Waals surface area contributed by atoms with E-state index in [1.54, 1.807) is 29.8 Å². The van der Waals surface area contributed by atoms with Crippen molar-refractivity contribution in [3.05, 3.63) is 69.1 Å². The second kappa shape index (κ2) is 8.17. The van der Waals surface area contributed by atoms with Crippen LogP contribution in [0, 0.1) is 0 Å². The minimum atomic E-state index is -3.92. The molecule has 3 aromatic rings. The number of thiazole rings is 1. The zero-order valence-corrected chi connectivity index (χ0v) is 17.0. The highest BCUT2D eigenvalue weighted by Crippen LogP contribution is 2.27. The average molecular weight is 468 g/mol. The highest BCUT2D eigenvalue weighted by molar-refractivity contribution is 9.10. The van der Waals surface area contributed by atoms with Gasteiger partial charge in [0.2, 0.25) is 10.0 Å². The summed E-state index contributed by atoms with van der Waals surface area (Å²) in [4.78, 5) is 16.7. The third kappa shape index (κ3) is 4.92. The van der Waals surface area contributed by atoms with Crippen molar-refractivity contribution in [2.75, 3.05) is 5.32 Å². The van der Waals surface area contributed by atoms with E-state index in [1.165, 1.54) is 29.5 Å². The molecule has 0 aliphatic carbocycles. The minimum absolute atomic E-state index is 0.135. The fourth-order valence-corrected chi connectivity index (χ4v) is 3.71. The van der Waals surface area contributed by atoms with Gasteiger partial charge in [0.15, 0.2) is 0 Å². The summed E-state index contributed by atoms with van der Waals surface area (Å²) in [5.74, 6) is -0.0327. The quantitative estimate of drug-likeness (QED) is 0.576. The van der Waals surface area contributed by atoms with Gasteiger partial charge in [0, 0.05) is 9.85 Å². The maximum Gasteiger partial charge on any atom is 0.256 e. The molecule has 27 heavy (non-hydrogen) atoms. The Morgan fingerprint density at radius 1 is 1.26 bits per heavy atom. The van der Waals surface area contributed by atoms with E-state index in [2.05, 4.69) is 26.2 Å². The molecule has 0 aliphatic rings. The minimum Gasteiger partial charge on any atom is -0.485 e. The lowest BCUT2D eigenvalue weighted by molar-refractivity contribution is 0.102. The molecule has 7 nitrogen and oxygen atoms in total. The topological polar surface area (TPSA) is 111 Å². The van der Waals surface area contributed by atoms with Gasteiger partial charge in [-0.05, 0) is 46.3 Å². The van der Waals surface area contributed by atoms with Crippen LogP contribution in [-0.2, 0) is 16.6 Å². The number of ether oxygens (including phenoxy) is 1.